The molecule has 0 saturated heterocycles. The summed E-state index contributed by atoms with van der Waals surface area (Å²) >= 11 is 0. The Morgan fingerprint density at radius 2 is 1.84 bits per heavy atom. The largest absolute Gasteiger partial charge is 0.497 e. The molecule has 1 aliphatic rings. The number of aliphatic hydroxyl groups is 1. The molecule has 0 saturated carbocycles. The zero-order chi connectivity index (χ0) is 22.8. The van der Waals surface area contributed by atoms with Gasteiger partial charge in [0.25, 0.3) is 0 Å². The summed E-state index contributed by atoms with van der Waals surface area (Å²) in [6, 6.07) is 12.7. The summed E-state index contributed by atoms with van der Waals surface area (Å²) in [4.78, 5) is 0.0369. The van der Waals surface area contributed by atoms with Gasteiger partial charge in [-0.3, -0.25) is 0 Å². The van der Waals surface area contributed by atoms with E-state index < -0.39 is 52.3 Å². The van der Waals surface area contributed by atoms with Gasteiger partial charge in [-0.1, -0.05) is 37.3 Å². The molecule has 2 aromatic carbocycles. The molecule has 3 rings (SSSR count). The van der Waals surface area contributed by atoms with E-state index in [4.69, 9.17) is 4.74 Å². The Kier molecular flexibility index (Phi) is 6.98. The second-order valence-electron chi connectivity index (χ2n) is 7.72. The zero-order valence-electron chi connectivity index (χ0n) is 17.3. The van der Waals surface area contributed by atoms with Gasteiger partial charge in [0.2, 0.25) is 0 Å². The predicted octanol–water partition coefficient (Wildman–Crippen LogP) is 4.01. The van der Waals surface area contributed by atoms with Crippen LogP contribution in [-0.2, 0) is 9.84 Å². The topological polar surface area (TPSA) is 75.6 Å². The third-order valence-electron chi connectivity index (χ3n) is 5.61. The average Bonchev–Trinajstić information content (AvgIpc) is 2.80. The van der Waals surface area contributed by atoms with Crippen molar-refractivity contribution in [3.05, 3.63) is 59.7 Å². The van der Waals surface area contributed by atoms with Crippen LogP contribution in [0.3, 0.4) is 0 Å². The van der Waals surface area contributed by atoms with Crippen LogP contribution in [0.1, 0.15) is 43.4 Å². The monoisotopic (exact) mass is 457 g/mol. The van der Waals surface area contributed by atoms with Gasteiger partial charge >= 0.3 is 6.18 Å². The average molecular weight is 458 g/mol. The number of methoxy groups -OCH3 is 1. The number of hydrogen-bond donors (Lipinski definition) is 2. The van der Waals surface area contributed by atoms with Gasteiger partial charge in [-0.15, -0.1) is 0 Å². The fraction of sp³-hybridized carbons (Fsp3) is 0.455. The molecule has 2 aromatic rings. The number of alkyl halides is 3. The van der Waals surface area contributed by atoms with E-state index in [1.807, 2.05) is 30.3 Å². The molecule has 2 N–H and O–H groups in total. The van der Waals surface area contributed by atoms with E-state index in [0.29, 0.717) is 17.7 Å². The van der Waals surface area contributed by atoms with Crippen LogP contribution in [0.15, 0.2) is 53.4 Å². The van der Waals surface area contributed by atoms with Crippen molar-refractivity contribution in [1.29, 1.82) is 0 Å². The van der Waals surface area contributed by atoms with Gasteiger partial charge in [-0.05, 0) is 42.2 Å². The lowest BCUT2D eigenvalue weighted by Crippen LogP contribution is -2.45. The van der Waals surface area contributed by atoms with Crippen molar-refractivity contribution in [2.75, 3.05) is 7.11 Å². The summed E-state index contributed by atoms with van der Waals surface area (Å²) < 4.78 is 70.8. The highest BCUT2D eigenvalue weighted by atomic mass is 32.2. The Hall–Kier alpha value is -2.10. The van der Waals surface area contributed by atoms with Crippen molar-refractivity contribution in [3.8, 4) is 5.75 Å². The first-order valence-electron chi connectivity index (χ1n) is 10.0. The normalized spacial score (nSPS) is 24.1. The van der Waals surface area contributed by atoms with Crippen molar-refractivity contribution in [2.45, 2.75) is 60.7 Å². The molecule has 0 aromatic heterocycles. The molecule has 0 amide bonds. The van der Waals surface area contributed by atoms with Gasteiger partial charge in [0, 0.05) is 6.04 Å². The van der Waals surface area contributed by atoms with Gasteiger partial charge in [0.15, 0.2) is 9.84 Å². The number of fused-ring (bicyclic) bond motifs is 1. The number of aliphatic hydroxyl groups excluding tert-OH is 1. The first-order chi connectivity index (χ1) is 14.6. The highest BCUT2D eigenvalue weighted by Gasteiger charge is 2.43. The van der Waals surface area contributed by atoms with Crippen LogP contribution in [0, 0.1) is 0 Å². The van der Waals surface area contributed by atoms with E-state index in [0.717, 1.165) is 5.56 Å². The molecule has 0 bridgehead atoms. The fourth-order valence-corrected chi connectivity index (χ4v) is 6.41. The lowest BCUT2D eigenvalue weighted by molar-refractivity contribution is -0.154. The van der Waals surface area contributed by atoms with Gasteiger partial charge < -0.3 is 15.2 Å². The summed E-state index contributed by atoms with van der Waals surface area (Å²) in [5.41, 5.74) is 1.29. The Morgan fingerprint density at radius 1 is 1.16 bits per heavy atom. The molecule has 0 radical (unpaired) electrons. The van der Waals surface area contributed by atoms with Crippen molar-refractivity contribution in [3.63, 3.8) is 0 Å². The zero-order valence-corrected chi connectivity index (χ0v) is 18.1. The van der Waals surface area contributed by atoms with Crippen LogP contribution < -0.4 is 10.1 Å². The van der Waals surface area contributed by atoms with Crippen LogP contribution in [0.2, 0.25) is 0 Å². The third kappa shape index (κ3) is 5.22. The molecule has 9 heteroatoms. The Bertz CT molecular complexity index is 996. The first kappa shape index (κ1) is 23.6. The van der Waals surface area contributed by atoms with E-state index in [-0.39, 0.29) is 4.90 Å². The molecule has 4 atom stereocenters. The lowest BCUT2D eigenvalue weighted by atomic mass is 9.95. The SMILES string of the molecule is CC[C@H]1NC(c2ccccc2)c2cc(OC)ccc2S(=O)(=O)[C@@H]1C[C@@H](O)CC(F)(F)F. The van der Waals surface area contributed by atoms with E-state index in [1.165, 1.54) is 19.2 Å². The maximum atomic E-state index is 13.6. The second kappa shape index (κ2) is 9.18. The minimum Gasteiger partial charge on any atom is -0.497 e. The third-order valence-corrected chi connectivity index (χ3v) is 7.91. The van der Waals surface area contributed by atoms with Gasteiger partial charge in [-0.25, -0.2) is 8.42 Å². The van der Waals surface area contributed by atoms with Crippen molar-refractivity contribution in [2.24, 2.45) is 0 Å². The van der Waals surface area contributed by atoms with Gasteiger partial charge in [0.1, 0.15) is 5.75 Å². The van der Waals surface area contributed by atoms with Crippen LogP contribution in [0.4, 0.5) is 13.2 Å². The van der Waals surface area contributed by atoms with E-state index in [2.05, 4.69) is 5.32 Å². The predicted molar refractivity (Wildman–Crippen MR) is 111 cm³/mol. The highest BCUT2D eigenvalue weighted by molar-refractivity contribution is 7.92. The number of nitrogens with one attached hydrogen (secondary N) is 1. The molecule has 0 aliphatic carbocycles. The summed E-state index contributed by atoms with van der Waals surface area (Å²) in [5, 5.41) is 12.2. The number of rotatable bonds is 6. The molecule has 170 valence electrons. The molecule has 1 unspecified atom stereocenters. The fourth-order valence-electron chi connectivity index (χ4n) is 4.14. The Balaban J connectivity index is 2.12. The molecule has 5 nitrogen and oxygen atoms in total. The minimum atomic E-state index is -4.58. The summed E-state index contributed by atoms with van der Waals surface area (Å²) in [6.45, 7) is 1.77. The minimum absolute atomic E-state index is 0.0369. The van der Waals surface area contributed by atoms with E-state index in [1.54, 1.807) is 13.0 Å². The molecule has 0 spiro atoms. The van der Waals surface area contributed by atoms with Crippen LogP contribution in [0.5, 0.6) is 5.75 Å². The number of ether oxygens (including phenoxy) is 1. The van der Waals surface area contributed by atoms with Crippen LogP contribution in [0.25, 0.3) is 0 Å². The summed E-state index contributed by atoms with van der Waals surface area (Å²) in [5.74, 6) is 0.472. The molecule has 1 heterocycles. The van der Waals surface area contributed by atoms with Crippen molar-refractivity contribution >= 4 is 9.84 Å². The van der Waals surface area contributed by atoms with Gasteiger partial charge in [-0.2, -0.15) is 13.2 Å². The highest BCUT2D eigenvalue weighted by Crippen LogP contribution is 2.39. The quantitative estimate of drug-likeness (QED) is 0.686. The van der Waals surface area contributed by atoms with Crippen LogP contribution >= 0.6 is 0 Å². The standard InChI is InChI=1S/C22H26F3NO4S/c1-3-18-20(11-15(27)13-22(23,24)25)31(28,29)19-10-9-16(30-2)12-17(19)21(26-18)14-7-5-4-6-8-14/h4-10,12,15,18,20-21,26-27H,3,11,13H2,1-2H3/t15-,18-,20-,21?/m1/s1. The number of sulfone groups is 1. The number of halogens is 3. The van der Waals surface area contributed by atoms with E-state index >= 15 is 0 Å². The van der Waals surface area contributed by atoms with Crippen molar-refractivity contribution < 1.29 is 31.4 Å². The van der Waals surface area contributed by atoms with Crippen LogP contribution in [-0.4, -0.2) is 44.2 Å². The first-order valence-corrected chi connectivity index (χ1v) is 11.6. The summed E-state index contributed by atoms with van der Waals surface area (Å²) in [6.07, 6.45) is -8.00. The lowest BCUT2D eigenvalue weighted by Gasteiger charge is -2.29. The Labute approximate surface area is 180 Å². The van der Waals surface area contributed by atoms with Crippen molar-refractivity contribution in [1.82, 2.24) is 5.32 Å². The molecule has 31 heavy (non-hydrogen) atoms. The van der Waals surface area contributed by atoms with E-state index in [9.17, 15) is 26.7 Å². The smallest absolute Gasteiger partial charge is 0.391 e. The summed E-state index contributed by atoms with van der Waals surface area (Å²) in [7, 11) is -2.57. The Morgan fingerprint density at radius 3 is 2.42 bits per heavy atom. The maximum absolute atomic E-state index is 13.6. The number of hydrogen-bond acceptors (Lipinski definition) is 5. The second-order valence-corrected chi connectivity index (χ2v) is 9.86. The number of benzene rings is 2. The van der Waals surface area contributed by atoms with Gasteiger partial charge in [0.05, 0.1) is 35.8 Å². The molecule has 1 aliphatic heterocycles. The molecule has 0 fully saturated rings. The maximum Gasteiger partial charge on any atom is 0.391 e. The molecular weight excluding hydrogens is 431 g/mol. The molecular formula is C22H26F3NO4S.